The van der Waals surface area contributed by atoms with Gasteiger partial charge in [0.25, 0.3) is 5.91 Å². The molecule has 9 heteroatoms. The highest BCUT2D eigenvalue weighted by atomic mass is 19.1. The van der Waals surface area contributed by atoms with E-state index >= 15 is 0 Å². The predicted octanol–water partition coefficient (Wildman–Crippen LogP) is 3.30. The van der Waals surface area contributed by atoms with Crippen molar-refractivity contribution in [2.75, 3.05) is 9.80 Å². The first-order valence-electron chi connectivity index (χ1n) is 11.6. The average molecular weight is 479 g/mol. The fraction of sp³-hybridized carbons (Fsp3) is 0.148. The van der Waals surface area contributed by atoms with Gasteiger partial charge in [0.05, 0.1) is 29.1 Å². The maximum Gasteiger partial charge on any atom is 0.272 e. The Morgan fingerprint density at radius 2 is 1.58 bits per heavy atom. The maximum absolute atomic E-state index is 14.1. The van der Waals surface area contributed by atoms with Gasteiger partial charge in [0.1, 0.15) is 17.4 Å². The first-order chi connectivity index (χ1) is 17.5. The molecule has 0 radical (unpaired) electrons. The molecule has 0 aliphatic carbocycles. The number of nitrogens with zero attached hydrogens (tertiary/aromatic N) is 5. The van der Waals surface area contributed by atoms with Crippen LogP contribution in [0.15, 0.2) is 78.9 Å². The van der Waals surface area contributed by atoms with Gasteiger partial charge in [0.15, 0.2) is 0 Å². The molecule has 1 aromatic heterocycles. The highest BCUT2D eigenvalue weighted by molar-refractivity contribution is 6.25. The van der Waals surface area contributed by atoms with Gasteiger partial charge in [-0.1, -0.05) is 47.7 Å². The molecule has 3 aromatic carbocycles. The van der Waals surface area contributed by atoms with E-state index in [0.717, 1.165) is 16.2 Å². The van der Waals surface area contributed by atoms with E-state index in [9.17, 15) is 18.8 Å². The first-order valence-corrected chi connectivity index (χ1v) is 11.6. The molecule has 36 heavy (non-hydrogen) atoms. The van der Waals surface area contributed by atoms with E-state index in [0.29, 0.717) is 11.0 Å². The molecule has 0 spiro atoms. The number of fused-ring (bicyclic) bond motifs is 6. The number of halogens is 1. The minimum Gasteiger partial charge on any atom is -0.351 e. The Hall–Kier alpha value is -4.66. The molecule has 0 N–H and O–H groups in total. The highest BCUT2D eigenvalue weighted by Crippen LogP contribution is 2.49. The number of hydrogen-bond acceptors (Lipinski definition) is 6. The summed E-state index contributed by atoms with van der Waals surface area (Å²) in [5, 5.41) is 8.21. The van der Waals surface area contributed by atoms with Crippen molar-refractivity contribution >= 4 is 46.2 Å². The monoisotopic (exact) mass is 479 g/mol. The van der Waals surface area contributed by atoms with Crippen LogP contribution in [0.3, 0.4) is 0 Å². The molecule has 3 aliphatic rings. The quantitative estimate of drug-likeness (QED) is 0.410. The van der Waals surface area contributed by atoms with E-state index in [-0.39, 0.29) is 5.69 Å². The Labute approximate surface area is 204 Å². The smallest absolute Gasteiger partial charge is 0.272 e. The zero-order valence-electron chi connectivity index (χ0n) is 18.7. The lowest BCUT2D eigenvalue weighted by atomic mass is 9.88. The Morgan fingerprint density at radius 3 is 2.42 bits per heavy atom. The molecule has 2 amide bonds. The standard InChI is InChI=1S/C27H18FN5O3/c28-16-10-12-17(13-11-16)31-25(34)22-21-14-9-15-5-1-3-7-19(15)32(21)24(23(22)26(31)35)27(36)33-20-8-4-2-6-18(20)29-30-33/h1-14,21-24H/t21-,22-,23+,24+/m1/s1. The van der Waals surface area contributed by atoms with Crippen molar-refractivity contribution in [3.63, 3.8) is 0 Å². The molecule has 3 aliphatic heterocycles. The summed E-state index contributed by atoms with van der Waals surface area (Å²) in [5.74, 6) is -3.53. The molecule has 4 atom stereocenters. The van der Waals surface area contributed by atoms with Crippen LogP contribution in [-0.4, -0.2) is 44.8 Å². The molecule has 2 fully saturated rings. The Bertz CT molecular complexity index is 1610. The molecule has 0 bridgehead atoms. The first kappa shape index (κ1) is 20.7. The molecule has 2 saturated heterocycles. The van der Waals surface area contributed by atoms with Crippen LogP contribution in [0, 0.1) is 17.7 Å². The highest BCUT2D eigenvalue weighted by Gasteiger charge is 2.64. The number of amides is 2. The minimum absolute atomic E-state index is 0.282. The summed E-state index contributed by atoms with van der Waals surface area (Å²) in [6.45, 7) is 0. The number of imide groups is 1. The number of aromatic nitrogens is 3. The Morgan fingerprint density at radius 1 is 0.861 bits per heavy atom. The fourth-order valence-corrected chi connectivity index (χ4v) is 5.80. The van der Waals surface area contributed by atoms with Gasteiger partial charge < -0.3 is 4.90 Å². The van der Waals surface area contributed by atoms with E-state index in [1.54, 1.807) is 24.3 Å². The number of anilines is 2. The van der Waals surface area contributed by atoms with Crippen LogP contribution in [0.1, 0.15) is 10.4 Å². The lowest BCUT2D eigenvalue weighted by Gasteiger charge is -2.36. The zero-order chi connectivity index (χ0) is 24.6. The summed E-state index contributed by atoms with van der Waals surface area (Å²) in [7, 11) is 0. The molecule has 176 valence electrons. The number of carbonyl (C=O) groups is 3. The minimum atomic E-state index is -0.988. The SMILES string of the molecule is O=C1[C@H]2[C@H](C(=O)N1c1ccc(F)cc1)[C@@H](C(=O)n1nnc3ccccc31)N1c3ccccc3C=C[C@H]21. The molecule has 7 rings (SSSR count). The second-order valence-electron chi connectivity index (χ2n) is 9.13. The molecule has 0 saturated carbocycles. The van der Waals surface area contributed by atoms with Gasteiger partial charge in [0, 0.05) is 5.69 Å². The number of hydrogen-bond donors (Lipinski definition) is 0. The number of carbonyl (C=O) groups excluding carboxylic acids is 3. The van der Waals surface area contributed by atoms with Gasteiger partial charge in [-0.25, -0.2) is 9.29 Å². The van der Waals surface area contributed by atoms with E-state index in [4.69, 9.17) is 0 Å². The average Bonchev–Trinajstić information content (AvgIpc) is 3.56. The van der Waals surface area contributed by atoms with Crippen LogP contribution in [-0.2, 0) is 9.59 Å². The van der Waals surface area contributed by atoms with Crippen LogP contribution < -0.4 is 9.80 Å². The lowest BCUT2D eigenvalue weighted by Crippen LogP contribution is -2.50. The Balaban J connectivity index is 1.39. The zero-order valence-corrected chi connectivity index (χ0v) is 18.7. The third-order valence-electron chi connectivity index (χ3n) is 7.31. The number of para-hydroxylation sites is 2. The van der Waals surface area contributed by atoms with Gasteiger partial charge in [-0.15, -0.1) is 5.10 Å². The van der Waals surface area contributed by atoms with Crippen LogP contribution >= 0.6 is 0 Å². The van der Waals surface area contributed by atoms with Crippen molar-refractivity contribution in [3.05, 3.63) is 90.3 Å². The molecule has 0 unspecified atom stereocenters. The van der Waals surface area contributed by atoms with Gasteiger partial charge >= 0.3 is 0 Å². The number of rotatable bonds is 2. The van der Waals surface area contributed by atoms with Gasteiger partial charge in [-0.05, 0) is 48.0 Å². The summed E-state index contributed by atoms with van der Waals surface area (Å²) in [6, 6.07) is 18.4. The van der Waals surface area contributed by atoms with Crippen molar-refractivity contribution in [1.82, 2.24) is 15.0 Å². The van der Waals surface area contributed by atoms with Gasteiger partial charge in [-0.3, -0.25) is 14.4 Å². The molecule has 4 aromatic rings. The van der Waals surface area contributed by atoms with Gasteiger partial charge in [0.2, 0.25) is 11.8 Å². The third-order valence-corrected chi connectivity index (χ3v) is 7.31. The fourth-order valence-electron chi connectivity index (χ4n) is 5.80. The summed E-state index contributed by atoms with van der Waals surface area (Å²) >= 11 is 0. The van der Waals surface area contributed by atoms with Gasteiger partial charge in [-0.2, -0.15) is 4.68 Å². The van der Waals surface area contributed by atoms with Crippen LogP contribution in [0.25, 0.3) is 17.1 Å². The van der Waals surface area contributed by atoms with Crippen LogP contribution in [0.4, 0.5) is 15.8 Å². The van der Waals surface area contributed by atoms with E-state index in [1.807, 2.05) is 41.3 Å². The van der Waals surface area contributed by atoms with Crippen LogP contribution in [0.5, 0.6) is 0 Å². The third kappa shape index (κ3) is 2.70. The van der Waals surface area contributed by atoms with Crippen molar-refractivity contribution in [2.45, 2.75) is 12.1 Å². The normalized spacial score (nSPS) is 24.2. The maximum atomic E-state index is 14.1. The predicted molar refractivity (Wildman–Crippen MR) is 130 cm³/mol. The number of benzene rings is 3. The van der Waals surface area contributed by atoms with E-state index < -0.39 is 47.5 Å². The van der Waals surface area contributed by atoms with Crippen LogP contribution in [0.2, 0.25) is 0 Å². The molecular formula is C27H18FN5O3. The topological polar surface area (TPSA) is 88.4 Å². The summed E-state index contributed by atoms with van der Waals surface area (Å²) in [5.41, 5.74) is 3.03. The summed E-state index contributed by atoms with van der Waals surface area (Å²) < 4.78 is 14.8. The van der Waals surface area contributed by atoms with E-state index in [2.05, 4.69) is 10.3 Å². The lowest BCUT2D eigenvalue weighted by molar-refractivity contribution is -0.122. The van der Waals surface area contributed by atoms with Crippen molar-refractivity contribution in [1.29, 1.82) is 0 Å². The van der Waals surface area contributed by atoms with E-state index in [1.165, 1.54) is 28.9 Å². The second kappa shape index (κ2) is 7.42. The second-order valence-corrected chi connectivity index (χ2v) is 9.13. The Kier molecular flexibility index (Phi) is 4.26. The largest absolute Gasteiger partial charge is 0.351 e. The molecule has 4 heterocycles. The summed E-state index contributed by atoms with van der Waals surface area (Å²) in [4.78, 5) is 44.7. The summed E-state index contributed by atoms with van der Waals surface area (Å²) in [6.07, 6.45) is 3.80. The molecular weight excluding hydrogens is 461 g/mol. The van der Waals surface area contributed by atoms with Crippen molar-refractivity contribution < 1.29 is 18.8 Å². The van der Waals surface area contributed by atoms with Crippen molar-refractivity contribution in [3.8, 4) is 0 Å². The molecule has 8 nitrogen and oxygen atoms in total. The van der Waals surface area contributed by atoms with Crippen molar-refractivity contribution in [2.24, 2.45) is 11.8 Å².